The van der Waals surface area contributed by atoms with Crippen molar-refractivity contribution >= 4 is 10.9 Å². The fourth-order valence-corrected chi connectivity index (χ4v) is 2.59. The van der Waals surface area contributed by atoms with Crippen molar-refractivity contribution in [2.75, 3.05) is 0 Å². The molecule has 0 fully saturated rings. The van der Waals surface area contributed by atoms with E-state index in [0.717, 1.165) is 11.2 Å². The molecule has 1 nitrogen and oxygen atoms in total. The highest BCUT2D eigenvalue weighted by molar-refractivity contribution is 5.81. The lowest BCUT2D eigenvalue weighted by molar-refractivity contribution is 0.590. The van der Waals surface area contributed by atoms with E-state index in [-0.39, 0.29) is 5.41 Å². The van der Waals surface area contributed by atoms with Gasteiger partial charge in [0, 0.05) is 10.9 Å². The first kappa shape index (κ1) is 13.8. The SMILES string of the molecule is Cc1cc(-c2ccc3ccccc3n2)cc(C(C)(C)C)c1. The fraction of sp³-hybridized carbons (Fsp3) is 0.250. The van der Waals surface area contributed by atoms with Crippen molar-refractivity contribution in [2.45, 2.75) is 33.1 Å². The molecule has 0 atom stereocenters. The Hall–Kier alpha value is -2.15. The Bertz CT molecular complexity index is 794. The molecular formula is C20H21N. The van der Waals surface area contributed by atoms with Gasteiger partial charge >= 0.3 is 0 Å². The van der Waals surface area contributed by atoms with E-state index in [1.165, 1.54) is 22.1 Å². The summed E-state index contributed by atoms with van der Waals surface area (Å²) in [5.74, 6) is 0. The summed E-state index contributed by atoms with van der Waals surface area (Å²) in [5, 5.41) is 1.19. The van der Waals surface area contributed by atoms with Gasteiger partial charge < -0.3 is 0 Å². The molecule has 0 aliphatic heterocycles. The molecule has 106 valence electrons. The quantitative estimate of drug-likeness (QED) is 0.571. The molecular weight excluding hydrogens is 254 g/mol. The normalized spacial score (nSPS) is 11.8. The molecule has 3 aromatic rings. The Labute approximate surface area is 126 Å². The highest BCUT2D eigenvalue weighted by atomic mass is 14.7. The zero-order valence-electron chi connectivity index (χ0n) is 13.1. The van der Waals surface area contributed by atoms with Crippen LogP contribution >= 0.6 is 0 Å². The van der Waals surface area contributed by atoms with Crippen LogP contribution in [0, 0.1) is 6.92 Å². The maximum absolute atomic E-state index is 4.81. The first-order valence-electron chi connectivity index (χ1n) is 7.42. The lowest BCUT2D eigenvalue weighted by Crippen LogP contribution is -2.11. The highest BCUT2D eigenvalue weighted by Crippen LogP contribution is 2.29. The van der Waals surface area contributed by atoms with Gasteiger partial charge in [0.1, 0.15) is 0 Å². The van der Waals surface area contributed by atoms with Gasteiger partial charge in [-0.05, 0) is 42.2 Å². The minimum absolute atomic E-state index is 0.150. The van der Waals surface area contributed by atoms with E-state index >= 15 is 0 Å². The van der Waals surface area contributed by atoms with Crippen LogP contribution in [0.25, 0.3) is 22.2 Å². The van der Waals surface area contributed by atoms with Gasteiger partial charge in [-0.3, -0.25) is 0 Å². The van der Waals surface area contributed by atoms with Crippen LogP contribution in [0.1, 0.15) is 31.9 Å². The zero-order chi connectivity index (χ0) is 15.0. The number of pyridine rings is 1. The second kappa shape index (κ2) is 5.00. The second-order valence-corrected chi connectivity index (χ2v) is 6.73. The molecule has 0 aliphatic rings. The van der Waals surface area contributed by atoms with Crippen LogP contribution in [0.5, 0.6) is 0 Å². The van der Waals surface area contributed by atoms with E-state index in [9.17, 15) is 0 Å². The summed E-state index contributed by atoms with van der Waals surface area (Å²) in [6.07, 6.45) is 0. The number of fused-ring (bicyclic) bond motifs is 1. The van der Waals surface area contributed by atoms with Crippen LogP contribution < -0.4 is 0 Å². The minimum Gasteiger partial charge on any atom is -0.248 e. The molecule has 0 saturated heterocycles. The van der Waals surface area contributed by atoms with Gasteiger partial charge in [0.15, 0.2) is 0 Å². The fourth-order valence-electron chi connectivity index (χ4n) is 2.59. The summed E-state index contributed by atoms with van der Waals surface area (Å²) in [5.41, 5.74) is 6.08. The molecule has 0 unspecified atom stereocenters. The van der Waals surface area contributed by atoms with Crippen LogP contribution in [0.2, 0.25) is 0 Å². The van der Waals surface area contributed by atoms with E-state index in [1.807, 2.05) is 12.1 Å². The van der Waals surface area contributed by atoms with Crippen molar-refractivity contribution in [1.82, 2.24) is 4.98 Å². The molecule has 0 N–H and O–H groups in total. The van der Waals surface area contributed by atoms with Gasteiger partial charge in [-0.15, -0.1) is 0 Å². The lowest BCUT2D eigenvalue weighted by Gasteiger charge is -2.20. The molecule has 0 spiro atoms. The summed E-state index contributed by atoms with van der Waals surface area (Å²) in [6, 6.07) is 19.3. The van der Waals surface area contributed by atoms with Crippen molar-refractivity contribution in [3.8, 4) is 11.3 Å². The van der Waals surface area contributed by atoms with Gasteiger partial charge in [-0.25, -0.2) is 4.98 Å². The van der Waals surface area contributed by atoms with E-state index in [0.29, 0.717) is 0 Å². The Balaban J connectivity index is 2.16. The summed E-state index contributed by atoms with van der Waals surface area (Å²) >= 11 is 0. The Kier molecular flexibility index (Phi) is 3.29. The smallest absolute Gasteiger partial charge is 0.0709 e. The number of para-hydroxylation sites is 1. The van der Waals surface area contributed by atoms with Gasteiger partial charge in [0.05, 0.1) is 11.2 Å². The predicted octanol–water partition coefficient (Wildman–Crippen LogP) is 5.51. The van der Waals surface area contributed by atoms with E-state index in [2.05, 4.69) is 70.2 Å². The molecule has 0 amide bonds. The van der Waals surface area contributed by atoms with Crippen LogP contribution in [0.3, 0.4) is 0 Å². The Morgan fingerprint density at radius 3 is 2.38 bits per heavy atom. The predicted molar refractivity (Wildman–Crippen MR) is 90.6 cm³/mol. The molecule has 0 saturated carbocycles. The molecule has 21 heavy (non-hydrogen) atoms. The standard InChI is InChI=1S/C20H21N/c1-14-11-16(13-17(12-14)20(2,3)4)19-10-9-15-7-5-6-8-18(15)21-19/h5-13H,1-4H3. The molecule has 0 radical (unpaired) electrons. The third kappa shape index (κ3) is 2.82. The van der Waals surface area contributed by atoms with E-state index < -0.39 is 0 Å². The molecule has 3 rings (SSSR count). The van der Waals surface area contributed by atoms with Crippen LogP contribution in [-0.4, -0.2) is 4.98 Å². The molecule has 2 aromatic carbocycles. The zero-order valence-corrected chi connectivity index (χ0v) is 13.1. The highest BCUT2D eigenvalue weighted by Gasteiger charge is 2.15. The number of nitrogens with zero attached hydrogens (tertiary/aromatic N) is 1. The number of rotatable bonds is 1. The number of hydrogen-bond donors (Lipinski definition) is 0. The summed E-state index contributed by atoms with van der Waals surface area (Å²) in [6.45, 7) is 8.90. The van der Waals surface area contributed by atoms with E-state index in [1.54, 1.807) is 0 Å². The minimum atomic E-state index is 0.150. The Morgan fingerprint density at radius 1 is 0.857 bits per heavy atom. The first-order valence-corrected chi connectivity index (χ1v) is 7.42. The van der Waals surface area contributed by atoms with Crippen LogP contribution in [0.4, 0.5) is 0 Å². The van der Waals surface area contributed by atoms with Crippen molar-refractivity contribution in [3.05, 3.63) is 65.7 Å². The van der Waals surface area contributed by atoms with Gasteiger partial charge in [-0.2, -0.15) is 0 Å². The number of aromatic nitrogens is 1. The molecule has 1 heteroatoms. The van der Waals surface area contributed by atoms with Crippen molar-refractivity contribution in [3.63, 3.8) is 0 Å². The topological polar surface area (TPSA) is 12.9 Å². The molecule has 0 bridgehead atoms. The largest absolute Gasteiger partial charge is 0.248 e. The Morgan fingerprint density at radius 2 is 1.62 bits per heavy atom. The van der Waals surface area contributed by atoms with Crippen LogP contribution in [0.15, 0.2) is 54.6 Å². The maximum Gasteiger partial charge on any atom is 0.0709 e. The van der Waals surface area contributed by atoms with Gasteiger partial charge in [-0.1, -0.05) is 56.7 Å². The van der Waals surface area contributed by atoms with Gasteiger partial charge in [0.2, 0.25) is 0 Å². The third-order valence-corrected chi connectivity index (χ3v) is 3.84. The van der Waals surface area contributed by atoms with Crippen molar-refractivity contribution < 1.29 is 0 Å². The van der Waals surface area contributed by atoms with Crippen molar-refractivity contribution in [2.24, 2.45) is 0 Å². The number of aryl methyl sites for hydroxylation is 1. The monoisotopic (exact) mass is 275 g/mol. The lowest BCUT2D eigenvalue weighted by atomic mass is 9.85. The third-order valence-electron chi connectivity index (χ3n) is 3.84. The summed E-state index contributed by atoms with van der Waals surface area (Å²) in [7, 11) is 0. The first-order chi connectivity index (χ1) is 9.93. The summed E-state index contributed by atoms with van der Waals surface area (Å²) < 4.78 is 0. The van der Waals surface area contributed by atoms with Crippen molar-refractivity contribution in [1.29, 1.82) is 0 Å². The van der Waals surface area contributed by atoms with E-state index in [4.69, 9.17) is 4.98 Å². The average molecular weight is 275 g/mol. The van der Waals surface area contributed by atoms with Crippen LogP contribution in [-0.2, 0) is 5.41 Å². The van der Waals surface area contributed by atoms with Gasteiger partial charge in [0.25, 0.3) is 0 Å². The number of benzene rings is 2. The maximum atomic E-state index is 4.81. The average Bonchev–Trinajstić information content (AvgIpc) is 2.45. The number of hydrogen-bond acceptors (Lipinski definition) is 1. The molecule has 1 heterocycles. The molecule has 1 aromatic heterocycles. The molecule has 0 aliphatic carbocycles. The summed E-state index contributed by atoms with van der Waals surface area (Å²) in [4.78, 5) is 4.81. The second-order valence-electron chi connectivity index (χ2n) is 6.73.